The lowest BCUT2D eigenvalue weighted by atomic mass is 9.81. The molecule has 198 valence electrons. The minimum absolute atomic E-state index is 0.1000. The Hall–Kier alpha value is -4.30. The van der Waals surface area contributed by atoms with Gasteiger partial charge in [0.1, 0.15) is 0 Å². The molecule has 4 aromatic rings. The zero-order valence-corrected chi connectivity index (χ0v) is 21.8. The van der Waals surface area contributed by atoms with Gasteiger partial charge in [0.15, 0.2) is 11.9 Å². The summed E-state index contributed by atoms with van der Waals surface area (Å²) in [5.74, 6) is 0.243. The van der Waals surface area contributed by atoms with Gasteiger partial charge >= 0.3 is 5.97 Å². The van der Waals surface area contributed by atoms with Crippen LogP contribution >= 0.6 is 0 Å². The van der Waals surface area contributed by atoms with Gasteiger partial charge in [0, 0.05) is 12.0 Å². The molecule has 2 unspecified atom stereocenters. The van der Waals surface area contributed by atoms with Crippen molar-refractivity contribution in [3.63, 3.8) is 0 Å². The van der Waals surface area contributed by atoms with Gasteiger partial charge in [-0.2, -0.15) is 0 Å². The number of rotatable bonds is 8. The maximum Gasteiger partial charge on any atom is 0.314 e. The molecule has 0 radical (unpaired) electrons. The largest absolute Gasteiger partial charge is 0.481 e. The highest BCUT2D eigenvalue weighted by Gasteiger charge is 2.51. The molecule has 0 saturated heterocycles. The molecule has 39 heavy (non-hydrogen) atoms. The quantitative estimate of drug-likeness (QED) is 0.290. The SMILES string of the molecule is Cc1noc(-c2ccc(-c3ccc(C4(C(=O)O)CC4)cc3)cc2)c1C(O)c1nnc(CC2(C)C=CC=CC2)o1. The second-order valence-electron chi connectivity index (χ2n) is 10.8. The van der Waals surface area contributed by atoms with Crippen molar-refractivity contribution in [3.05, 3.63) is 101 Å². The van der Waals surface area contributed by atoms with Crippen molar-refractivity contribution in [2.45, 2.75) is 51.0 Å². The highest BCUT2D eigenvalue weighted by molar-refractivity contribution is 5.85. The van der Waals surface area contributed by atoms with Crippen LogP contribution in [0.2, 0.25) is 0 Å². The number of benzene rings is 2. The van der Waals surface area contributed by atoms with E-state index in [0.717, 1.165) is 28.7 Å². The molecular weight excluding hydrogens is 494 g/mol. The fraction of sp³-hybridized carbons (Fsp3) is 0.290. The Morgan fingerprint density at radius 1 is 1.00 bits per heavy atom. The topological polar surface area (TPSA) is 122 Å². The average Bonchev–Trinajstić information content (AvgIpc) is 3.49. The first kappa shape index (κ1) is 25.0. The minimum Gasteiger partial charge on any atom is -0.481 e. The number of carbonyl (C=O) groups is 1. The van der Waals surface area contributed by atoms with Crippen molar-refractivity contribution in [2.75, 3.05) is 0 Å². The molecule has 2 N–H and O–H groups in total. The molecule has 2 aliphatic rings. The number of aliphatic hydroxyl groups is 1. The van der Waals surface area contributed by atoms with Crippen molar-refractivity contribution in [1.82, 2.24) is 15.4 Å². The van der Waals surface area contributed by atoms with Gasteiger partial charge in [0.25, 0.3) is 0 Å². The van der Waals surface area contributed by atoms with Crippen LogP contribution in [0.3, 0.4) is 0 Å². The molecule has 8 heteroatoms. The highest BCUT2D eigenvalue weighted by Crippen LogP contribution is 2.48. The molecule has 1 fully saturated rings. The number of aliphatic hydroxyl groups excluding tert-OH is 1. The Morgan fingerprint density at radius 3 is 2.28 bits per heavy atom. The summed E-state index contributed by atoms with van der Waals surface area (Å²) in [6.07, 6.45) is 9.92. The van der Waals surface area contributed by atoms with Crippen LogP contribution in [0.25, 0.3) is 22.5 Å². The Labute approximate surface area is 225 Å². The highest BCUT2D eigenvalue weighted by atomic mass is 16.5. The van der Waals surface area contributed by atoms with Gasteiger partial charge < -0.3 is 19.2 Å². The van der Waals surface area contributed by atoms with Crippen molar-refractivity contribution in [3.8, 4) is 22.5 Å². The molecule has 8 nitrogen and oxygen atoms in total. The maximum atomic E-state index is 11.6. The molecule has 6 rings (SSSR count). The smallest absolute Gasteiger partial charge is 0.314 e. The normalized spacial score (nSPS) is 20.2. The molecule has 2 aromatic carbocycles. The van der Waals surface area contributed by atoms with Crippen molar-refractivity contribution < 1.29 is 23.9 Å². The van der Waals surface area contributed by atoms with Gasteiger partial charge in [-0.1, -0.05) is 84.9 Å². The van der Waals surface area contributed by atoms with Gasteiger partial charge in [-0.05, 0) is 48.3 Å². The zero-order valence-electron chi connectivity index (χ0n) is 21.8. The number of hydrogen-bond acceptors (Lipinski definition) is 7. The maximum absolute atomic E-state index is 11.6. The number of aryl methyl sites for hydroxylation is 1. The summed E-state index contributed by atoms with van der Waals surface area (Å²) >= 11 is 0. The lowest BCUT2D eigenvalue weighted by Gasteiger charge is -2.24. The molecule has 0 bridgehead atoms. The minimum atomic E-state index is -1.18. The summed E-state index contributed by atoms with van der Waals surface area (Å²) in [6, 6.07) is 15.4. The van der Waals surface area contributed by atoms with Crippen LogP contribution in [0.15, 0.2) is 81.8 Å². The van der Waals surface area contributed by atoms with Gasteiger partial charge in [0.2, 0.25) is 11.8 Å². The van der Waals surface area contributed by atoms with Gasteiger partial charge in [0.05, 0.1) is 16.7 Å². The predicted molar refractivity (Wildman–Crippen MR) is 144 cm³/mol. The van der Waals surface area contributed by atoms with E-state index >= 15 is 0 Å². The summed E-state index contributed by atoms with van der Waals surface area (Å²) in [6.45, 7) is 3.90. The number of aliphatic carboxylic acids is 1. The van der Waals surface area contributed by atoms with Crippen LogP contribution in [0, 0.1) is 12.3 Å². The molecule has 2 atom stereocenters. The number of carboxylic acids is 1. The molecule has 0 spiro atoms. The molecule has 1 saturated carbocycles. The van der Waals surface area contributed by atoms with Crippen molar-refractivity contribution in [1.29, 1.82) is 0 Å². The number of hydrogen-bond donors (Lipinski definition) is 2. The van der Waals surface area contributed by atoms with Crippen LogP contribution in [-0.2, 0) is 16.6 Å². The summed E-state index contributed by atoms with van der Waals surface area (Å²) in [4.78, 5) is 11.6. The second-order valence-corrected chi connectivity index (χ2v) is 10.8. The average molecular weight is 524 g/mol. The van der Waals surface area contributed by atoms with E-state index in [9.17, 15) is 15.0 Å². The lowest BCUT2D eigenvalue weighted by molar-refractivity contribution is -0.140. The second kappa shape index (κ2) is 9.47. The van der Waals surface area contributed by atoms with E-state index in [1.807, 2.05) is 60.7 Å². The van der Waals surface area contributed by atoms with Crippen LogP contribution in [0.1, 0.15) is 60.9 Å². The van der Waals surface area contributed by atoms with E-state index in [2.05, 4.69) is 34.4 Å². The molecule has 2 aromatic heterocycles. The van der Waals surface area contributed by atoms with Crippen LogP contribution in [0.5, 0.6) is 0 Å². The Kier molecular flexibility index (Phi) is 6.07. The van der Waals surface area contributed by atoms with Crippen LogP contribution < -0.4 is 0 Å². The summed E-state index contributed by atoms with van der Waals surface area (Å²) < 4.78 is 11.5. The standard InChI is InChI=1S/C31H29N3O5/c1-19-25(26(35)28-33-32-24(38-28)18-30(2)14-4-3-5-15-30)27(39-34-19)22-8-6-20(7-9-22)21-10-12-23(13-11-21)31(16-17-31)29(36)37/h3-14,26,35H,15-18H2,1-2H3,(H,36,37). The van der Waals surface area contributed by atoms with E-state index in [1.165, 1.54) is 0 Å². The fourth-order valence-electron chi connectivity index (χ4n) is 5.27. The molecule has 0 amide bonds. The molecule has 2 heterocycles. The van der Waals surface area contributed by atoms with E-state index in [-0.39, 0.29) is 11.3 Å². The summed E-state index contributed by atoms with van der Waals surface area (Å²) in [7, 11) is 0. The van der Waals surface area contributed by atoms with Crippen LogP contribution in [0.4, 0.5) is 0 Å². The summed E-state index contributed by atoms with van der Waals surface area (Å²) in [5.41, 5.74) is 3.75. The number of nitrogens with zero attached hydrogens (tertiary/aromatic N) is 3. The molecule has 0 aliphatic heterocycles. The van der Waals surface area contributed by atoms with Gasteiger partial charge in [-0.25, -0.2) is 0 Å². The first-order valence-corrected chi connectivity index (χ1v) is 13.0. The predicted octanol–water partition coefficient (Wildman–Crippen LogP) is 5.96. The van der Waals surface area contributed by atoms with E-state index in [4.69, 9.17) is 8.94 Å². The van der Waals surface area contributed by atoms with E-state index < -0.39 is 17.5 Å². The number of aromatic nitrogens is 3. The summed E-state index contributed by atoms with van der Waals surface area (Å²) in [5, 5.41) is 33.1. The Bertz CT molecular complexity index is 1580. The van der Waals surface area contributed by atoms with E-state index in [0.29, 0.717) is 42.2 Å². The Morgan fingerprint density at radius 2 is 1.67 bits per heavy atom. The lowest BCUT2D eigenvalue weighted by Crippen LogP contribution is -2.19. The fourth-order valence-corrected chi connectivity index (χ4v) is 5.27. The first-order valence-electron chi connectivity index (χ1n) is 13.0. The number of carboxylic acid groups (broad SMARTS) is 1. The Balaban J connectivity index is 1.21. The molecular formula is C31H29N3O5. The van der Waals surface area contributed by atoms with Crippen molar-refractivity contribution in [2.24, 2.45) is 5.41 Å². The first-order chi connectivity index (χ1) is 18.8. The molecule has 2 aliphatic carbocycles. The zero-order chi connectivity index (χ0) is 27.2. The third-order valence-electron chi connectivity index (χ3n) is 7.86. The van der Waals surface area contributed by atoms with E-state index in [1.54, 1.807) is 6.92 Å². The van der Waals surface area contributed by atoms with Gasteiger partial charge in [-0.15, -0.1) is 10.2 Å². The monoisotopic (exact) mass is 523 g/mol. The third kappa shape index (κ3) is 4.61. The van der Waals surface area contributed by atoms with Gasteiger partial charge in [-0.3, -0.25) is 4.79 Å². The number of allylic oxidation sites excluding steroid dienone is 4. The van der Waals surface area contributed by atoms with Crippen LogP contribution in [-0.4, -0.2) is 31.5 Å². The third-order valence-corrected chi connectivity index (χ3v) is 7.86. The van der Waals surface area contributed by atoms with Crippen molar-refractivity contribution >= 4 is 5.97 Å².